The third kappa shape index (κ3) is 2.71. The molecule has 0 amide bonds. The first-order chi connectivity index (χ1) is 8.46. The number of likely N-dealkylation sites (N-methyl/N-ethyl adjacent to an activating group) is 1. The number of hydrogen-bond acceptors (Lipinski definition) is 3. The predicted molar refractivity (Wildman–Crippen MR) is 81.0 cm³/mol. The van der Waals surface area contributed by atoms with Crippen molar-refractivity contribution in [1.29, 1.82) is 0 Å². The highest BCUT2D eigenvalue weighted by atomic mass is 79.9. The van der Waals surface area contributed by atoms with Gasteiger partial charge in [0, 0.05) is 29.3 Å². The van der Waals surface area contributed by atoms with Crippen molar-refractivity contribution in [1.82, 2.24) is 4.90 Å². The fourth-order valence-corrected chi connectivity index (χ4v) is 3.07. The molecule has 1 aliphatic rings. The van der Waals surface area contributed by atoms with Crippen LogP contribution in [-0.2, 0) is 0 Å². The number of halogens is 1. The Morgan fingerprint density at radius 3 is 2.83 bits per heavy atom. The zero-order chi connectivity index (χ0) is 13.3. The number of benzene rings is 1. The molecule has 0 radical (unpaired) electrons. The molecule has 3 N–H and O–H groups in total. The monoisotopic (exact) mass is 311 g/mol. The molecular weight excluding hydrogens is 290 g/mol. The molecule has 18 heavy (non-hydrogen) atoms. The molecule has 2 rings (SSSR count). The second kappa shape index (κ2) is 5.19. The second-order valence-electron chi connectivity index (χ2n) is 5.56. The Hall–Kier alpha value is -0.580. The van der Waals surface area contributed by atoms with Crippen LogP contribution < -0.4 is 11.1 Å². The van der Waals surface area contributed by atoms with Crippen molar-refractivity contribution in [2.24, 2.45) is 5.73 Å². The SMILES string of the molecule is Cc1ccc(Br)c(NC2(CN)CC(C)N(C)C2)c1. The number of nitrogens with zero attached hydrogens (tertiary/aromatic N) is 1. The maximum atomic E-state index is 6.02. The van der Waals surface area contributed by atoms with Crippen molar-refractivity contribution in [3.05, 3.63) is 28.2 Å². The third-order valence-corrected chi connectivity index (χ3v) is 4.59. The summed E-state index contributed by atoms with van der Waals surface area (Å²) in [6.45, 7) is 6.01. The molecule has 0 aromatic heterocycles. The van der Waals surface area contributed by atoms with E-state index in [9.17, 15) is 0 Å². The Labute approximate surface area is 118 Å². The number of likely N-dealkylation sites (tertiary alicyclic amines) is 1. The van der Waals surface area contributed by atoms with Crippen LogP contribution in [0.5, 0.6) is 0 Å². The normalized spacial score (nSPS) is 28.6. The van der Waals surface area contributed by atoms with E-state index in [1.54, 1.807) is 0 Å². The molecule has 1 saturated heterocycles. The van der Waals surface area contributed by atoms with Crippen LogP contribution in [0.2, 0.25) is 0 Å². The second-order valence-corrected chi connectivity index (χ2v) is 6.42. The zero-order valence-corrected chi connectivity index (χ0v) is 12.9. The lowest BCUT2D eigenvalue weighted by atomic mass is 9.95. The van der Waals surface area contributed by atoms with E-state index in [0.717, 1.165) is 23.1 Å². The van der Waals surface area contributed by atoms with Crippen LogP contribution in [0.4, 0.5) is 5.69 Å². The third-order valence-electron chi connectivity index (χ3n) is 3.90. The summed E-state index contributed by atoms with van der Waals surface area (Å²) in [5.41, 5.74) is 8.41. The number of hydrogen-bond donors (Lipinski definition) is 2. The summed E-state index contributed by atoms with van der Waals surface area (Å²) < 4.78 is 1.10. The molecule has 0 bridgehead atoms. The summed E-state index contributed by atoms with van der Waals surface area (Å²) in [6.07, 6.45) is 1.08. The zero-order valence-electron chi connectivity index (χ0n) is 11.3. The maximum absolute atomic E-state index is 6.02. The number of nitrogens with one attached hydrogen (secondary N) is 1. The summed E-state index contributed by atoms with van der Waals surface area (Å²) in [4.78, 5) is 2.36. The Bertz CT molecular complexity index is 423. The van der Waals surface area contributed by atoms with Crippen LogP contribution >= 0.6 is 15.9 Å². The molecule has 0 spiro atoms. The van der Waals surface area contributed by atoms with E-state index >= 15 is 0 Å². The van der Waals surface area contributed by atoms with Crippen LogP contribution in [0.15, 0.2) is 22.7 Å². The fourth-order valence-electron chi connectivity index (χ4n) is 2.73. The van der Waals surface area contributed by atoms with Crippen LogP contribution in [-0.4, -0.2) is 36.6 Å². The minimum atomic E-state index is -0.00944. The van der Waals surface area contributed by atoms with Gasteiger partial charge in [-0.05, 0) is 60.9 Å². The van der Waals surface area contributed by atoms with Gasteiger partial charge in [-0.15, -0.1) is 0 Å². The number of anilines is 1. The van der Waals surface area contributed by atoms with Gasteiger partial charge in [0.05, 0.1) is 5.54 Å². The first-order valence-corrected chi connectivity index (χ1v) is 7.20. The Balaban J connectivity index is 2.23. The Kier molecular flexibility index (Phi) is 3.99. The average Bonchev–Trinajstić information content (AvgIpc) is 2.60. The molecule has 1 heterocycles. The molecule has 1 aromatic carbocycles. The maximum Gasteiger partial charge on any atom is 0.0637 e. The van der Waals surface area contributed by atoms with Gasteiger partial charge in [-0.2, -0.15) is 0 Å². The van der Waals surface area contributed by atoms with Gasteiger partial charge in [0.25, 0.3) is 0 Å². The van der Waals surface area contributed by atoms with E-state index in [0.29, 0.717) is 12.6 Å². The molecule has 0 aliphatic carbocycles. The molecule has 4 heteroatoms. The van der Waals surface area contributed by atoms with Crippen LogP contribution in [0.1, 0.15) is 18.9 Å². The average molecular weight is 312 g/mol. The minimum Gasteiger partial charge on any atom is -0.376 e. The van der Waals surface area contributed by atoms with Crippen molar-refractivity contribution < 1.29 is 0 Å². The van der Waals surface area contributed by atoms with Gasteiger partial charge in [0.1, 0.15) is 0 Å². The number of nitrogens with two attached hydrogens (primary N) is 1. The van der Waals surface area contributed by atoms with Crippen molar-refractivity contribution in [2.75, 3.05) is 25.5 Å². The van der Waals surface area contributed by atoms with Gasteiger partial charge in [0.2, 0.25) is 0 Å². The van der Waals surface area contributed by atoms with E-state index in [2.05, 4.69) is 65.2 Å². The van der Waals surface area contributed by atoms with Crippen molar-refractivity contribution >= 4 is 21.6 Å². The van der Waals surface area contributed by atoms with Crippen molar-refractivity contribution in [3.8, 4) is 0 Å². The summed E-state index contributed by atoms with van der Waals surface area (Å²) >= 11 is 3.60. The smallest absolute Gasteiger partial charge is 0.0637 e. The highest BCUT2D eigenvalue weighted by Crippen LogP contribution is 2.32. The van der Waals surface area contributed by atoms with Gasteiger partial charge in [-0.3, -0.25) is 0 Å². The number of aryl methyl sites for hydroxylation is 1. The van der Waals surface area contributed by atoms with Gasteiger partial charge < -0.3 is 16.0 Å². The molecular formula is C14H22BrN3. The molecule has 2 unspecified atom stereocenters. The summed E-state index contributed by atoms with van der Waals surface area (Å²) in [7, 11) is 2.16. The predicted octanol–water partition coefficient (Wildman–Crippen LogP) is 2.59. The molecule has 1 aliphatic heterocycles. The van der Waals surface area contributed by atoms with Gasteiger partial charge in [-0.25, -0.2) is 0 Å². The first-order valence-electron chi connectivity index (χ1n) is 6.40. The van der Waals surface area contributed by atoms with Gasteiger partial charge in [0.15, 0.2) is 0 Å². The van der Waals surface area contributed by atoms with E-state index < -0.39 is 0 Å². The highest BCUT2D eigenvalue weighted by molar-refractivity contribution is 9.10. The minimum absolute atomic E-state index is 0.00944. The van der Waals surface area contributed by atoms with Crippen molar-refractivity contribution in [2.45, 2.75) is 31.8 Å². The van der Waals surface area contributed by atoms with Gasteiger partial charge >= 0.3 is 0 Å². The summed E-state index contributed by atoms with van der Waals surface area (Å²) in [5.74, 6) is 0. The topological polar surface area (TPSA) is 41.3 Å². The van der Waals surface area contributed by atoms with E-state index in [1.807, 2.05) is 0 Å². The Morgan fingerprint density at radius 2 is 2.28 bits per heavy atom. The lowest BCUT2D eigenvalue weighted by Crippen LogP contribution is -2.47. The molecule has 100 valence electrons. The Morgan fingerprint density at radius 1 is 1.56 bits per heavy atom. The van der Waals surface area contributed by atoms with E-state index in [1.165, 1.54) is 5.56 Å². The molecule has 0 saturated carbocycles. The van der Waals surface area contributed by atoms with Crippen LogP contribution in [0.3, 0.4) is 0 Å². The molecule has 2 atom stereocenters. The lowest BCUT2D eigenvalue weighted by molar-refractivity contribution is 0.323. The fraction of sp³-hybridized carbons (Fsp3) is 0.571. The molecule has 1 aromatic rings. The molecule has 1 fully saturated rings. The van der Waals surface area contributed by atoms with E-state index in [4.69, 9.17) is 5.73 Å². The standard InChI is InChI=1S/C14H22BrN3/c1-10-4-5-12(15)13(6-10)17-14(8-16)7-11(2)18(3)9-14/h4-6,11,17H,7-9,16H2,1-3H3. The van der Waals surface area contributed by atoms with Crippen LogP contribution in [0, 0.1) is 6.92 Å². The lowest BCUT2D eigenvalue weighted by Gasteiger charge is -2.30. The van der Waals surface area contributed by atoms with Gasteiger partial charge in [-0.1, -0.05) is 6.07 Å². The highest BCUT2D eigenvalue weighted by Gasteiger charge is 2.39. The van der Waals surface area contributed by atoms with E-state index in [-0.39, 0.29) is 5.54 Å². The first kappa shape index (κ1) is 13.8. The molecule has 3 nitrogen and oxygen atoms in total. The quantitative estimate of drug-likeness (QED) is 0.901. The largest absolute Gasteiger partial charge is 0.376 e. The summed E-state index contributed by atoms with van der Waals surface area (Å²) in [6, 6.07) is 6.94. The number of rotatable bonds is 3. The summed E-state index contributed by atoms with van der Waals surface area (Å²) in [5, 5.41) is 3.66. The van der Waals surface area contributed by atoms with Crippen molar-refractivity contribution in [3.63, 3.8) is 0 Å². The van der Waals surface area contributed by atoms with Crippen LogP contribution in [0.25, 0.3) is 0 Å².